The zero-order valence-corrected chi connectivity index (χ0v) is 11.5. The van der Waals surface area contributed by atoms with Gasteiger partial charge >= 0.3 is 5.69 Å². The number of thiophene rings is 1. The number of nitro groups is 1. The van der Waals surface area contributed by atoms with Crippen molar-refractivity contribution in [3.05, 3.63) is 61.3 Å². The van der Waals surface area contributed by atoms with Gasteiger partial charge in [0.15, 0.2) is 0 Å². The molecule has 0 radical (unpaired) electrons. The SMILES string of the molecule is Cc1ccsc1CNCc1cc([N+](=O)[O-])c(F)cc1F. The van der Waals surface area contributed by atoms with E-state index in [1.807, 2.05) is 18.4 Å². The van der Waals surface area contributed by atoms with E-state index >= 15 is 0 Å². The fourth-order valence-corrected chi connectivity index (χ4v) is 2.63. The molecular formula is C13H12F2N2O2S. The Kier molecular flexibility index (Phi) is 4.41. The Morgan fingerprint density at radius 2 is 2.05 bits per heavy atom. The van der Waals surface area contributed by atoms with Crippen molar-refractivity contribution in [2.24, 2.45) is 0 Å². The summed E-state index contributed by atoms with van der Waals surface area (Å²) in [4.78, 5) is 10.9. The van der Waals surface area contributed by atoms with Crippen LogP contribution in [0, 0.1) is 28.7 Å². The van der Waals surface area contributed by atoms with Gasteiger partial charge < -0.3 is 5.32 Å². The number of nitrogens with zero attached hydrogens (tertiary/aromatic N) is 1. The molecular weight excluding hydrogens is 286 g/mol. The lowest BCUT2D eigenvalue weighted by Gasteiger charge is -2.06. The van der Waals surface area contributed by atoms with E-state index in [-0.39, 0.29) is 12.1 Å². The van der Waals surface area contributed by atoms with Gasteiger partial charge in [0.2, 0.25) is 5.82 Å². The van der Waals surface area contributed by atoms with Gasteiger partial charge in [-0.3, -0.25) is 10.1 Å². The van der Waals surface area contributed by atoms with Crippen LogP contribution in [0.15, 0.2) is 23.6 Å². The van der Waals surface area contributed by atoms with Crippen LogP contribution in [0.1, 0.15) is 16.0 Å². The highest BCUT2D eigenvalue weighted by Crippen LogP contribution is 2.22. The third-order valence-corrected chi connectivity index (χ3v) is 3.90. The molecule has 2 aromatic rings. The van der Waals surface area contributed by atoms with Crippen molar-refractivity contribution in [3.63, 3.8) is 0 Å². The molecule has 1 heterocycles. The highest BCUT2D eigenvalue weighted by molar-refractivity contribution is 7.10. The van der Waals surface area contributed by atoms with Crippen LogP contribution in [-0.2, 0) is 13.1 Å². The van der Waals surface area contributed by atoms with Crippen LogP contribution in [0.4, 0.5) is 14.5 Å². The molecule has 0 unspecified atom stereocenters. The lowest BCUT2D eigenvalue weighted by atomic mass is 10.1. The normalized spacial score (nSPS) is 10.8. The van der Waals surface area contributed by atoms with Crippen molar-refractivity contribution in [2.45, 2.75) is 20.0 Å². The number of hydrogen-bond acceptors (Lipinski definition) is 4. The highest BCUT2D eigenvalue weighted by Gasteiger charge is 2.18. The van der Waals surface area contributed by atoms with Gasteiger partial charge in [0, 0.05) is 35.7 Å². The van der Waals surface area contributed by atoms with Crippen LogP contribution in [0.25, 0.3) is 0 Å². The van der Waals surface area contributed by atoms with Gasteiger partial charge in [0.05, 0.1) is 4.92 Å². The molecule has 0 aliphatic rings. The third-order valence-electron chi connectivity index (χ3n) is 2.88. The monoisotopic (exact) mass is 298 g/mol. The molecule has 106 valence electrons. The van der Waals surface area contributed by atoms with Gasteiger partial charge in [0.1, 0.15) is 5.82 Å². The summed E-state index contributed by atoms with van der Waals surface area (Å²) in [5, 5.41) is 15.6. The molecule has 20 heavy (non-hydrogen) atoms. The number of aryl methyl sites for hydroxylation is 1. The maximum atomic E-state index is 13.5. The smallest absolute Gasteiger partial charge is 0.305 e. The molecule has 0 spiro atoms. The number of halogens is 2. The molecule has 7 heteroatoms. The van der Waals surface area contributed by atoms with Gasteiger partial charge in [-0.25, -0.2) is 4.39 Å². The summed E-state index contributed by atoms with van der Waals surface area (Å²) in [7, 11) is 0. The maximum absolute atomic E-state index is 13.5. The Bertz CT molecular complexity index is 643. The summed E-state index contributed by atoms with van der Waals surface area (Å²) in [6.07, 6.45) is 0. The van der Waals surface area contributed by atoms with Gasteiger partial charge in [-0.1, -0.05) is 0 Å². The van der Waals surface area contributed by atoms with E-state index in [0.717, 1.165) is 16.5 Å². The van der Waals surface area contributed by atoms with E-state index in [1.165, 1.54) is 0 Å². The molecule has 0 atom stereocenters. The van der Waals surface area contributed by atoms with Gasteiger partial charge in [-0.05, 0) is 23.9 Å². The summed E-state index contributed by atoms with van der Waals surface area (Å²) in [5.74, 6) is -1.95. The number of rotatable bonds is 5. The zero-order chi connectivity index (χ0) is 14.7. The highest BCUT2D eigenvalue weighted by atomic mass is 32.1. The maximum Gasteiger partial charge on any atom is 0.305 e. The Morgan fingerprint density at radius 3 is 2.65 bits per heavy atom. The van der Waals surface area contributed by atoms with Gasteiger partial charge in [-0.2, -0.15) is 4.39 Å². The number of nitro benzene ring substituents is 1. The first-order valence-corrected chi connectivity index (χ1v) is 6.73. The van der Waals surface area contributed by atoms with Crippen LogP contribution in [0.3, 0.4) is 0 Å². The topological polar surface area (TPSA) is 55.2 Å². The van der Waals surface area contributed by atoms with Crippen LogP contribution in [0.2, 0.25) is 0 Å². The molecule has 1 N–H and O–H groups in total. The zero-order valence-electron chi connectivity index (χ0n) is 10.7. The first-order chi connectivity index (χ1) is 9.49. The standard InChI is InChI=1S/C13H12F2N2O2S/c1-8-2-3-20-13(8)7-16-6-9-4-12(17(18)19)11(15)5-10(9)14/h2-5,16H,6-7H2,1H3. The molecule has 0 saturated heterocycles. The Hall–Kier alpha value is -1.86. The number of nitrogens with one attached hydrogen (secondary N) is 1. The second-order valence-electron chi connectivity index (χ2n) is 4.28. The largest absolute Gasteiger partial charge is 0.308 e. The lowest BCUT2D eigenvalue weighted by molar-refractivity contribution is -0.387. The second kappa shape index (κ2) is 6.06. The second-order valence-corrected chi connectivity index (χ2v) is 5.28. The van der Waals surface area contributed by atoms with Crippen LogP contribution >= 0.6 is 11.3 Å². The van der Waals surface area contributed by atoms with Crippen molar-refractivity contribution < 1.29 is 13.7 Å². The average molecular weight is 298 g/mol. The minimum absolute atomic E-state index is 0.0762. The molecule has 1 aromatic heterocycles. The van der Waals surface area contributed by atoms with Crippen molar-refractivity contribution in [3.8, 4) is 0 Å². The molecule has 4 nitrogen and oxygen atoms in total. The summed E-state index contributed by atoms with van der Waals surface area (Å²) in [6, 6.07) is 3.45. The van der Waals surface area contributed by atoms with Crippen LogP contribution < -0.4 is 5.32 Å². The minimum atomic E-state index is -1.16. The predicted molar refractivity (Wildman–Crippen MR) is 72.6 cm³/mol. The van der Waals surface area contributed by atoms with Gasteiger partial charge in [0.25, 0.3) is 0 Å². The molecule has 0 saturated carbocycles. The van der Waals surface area contributed by atoms with E-state index in [0.29, 0.717) is 12.6 Å². The summed E-state index contributed by atoms with van der Waals surface area (Å²) in [6.45, 7) is 2.61. The predicted octanol–water partition coefficient (Wildman–Crippen LogP) is 3.53. The molecule has 0 bridgehead atoms. The van der Waals surface area contributed by atoms with E-state index in [2.05, 4.69) is 5.32 Å². The van der Waals surface area contributed by atoms with Gasteiger partial charge in [-0.15, -0.1) is 11.3 Å². The Labute approximate surface area is 118 Å². The fourth-order valence-electron chi connectivity index (χ4n) is 1.75. The van der Waals surface area contributed by atoms with E-state index in [4.69, 9.17) is 0 Å². The summed E-state index contributed by atoms with van der Waals surface area (Å²) in [5.41, 5.74) is 0.496. The molecule has 2 rings (SSSR count). The molecule has 1 aromatic carbocycles. The van der Waals surface area contributed by atoms with E-state index < -0.39 is 22.2 Å². The van der Waals surface area contributed by atoms with E-state index in [9.17, 15) is 18.9 Å². The number of hydrogen-bond donors (Lipinski definition) is 1. The van der Waals surface area contributed by atoms with E-state index in [1.54, 1.807) is 11.3 Å². The van der Waals surface area contributed by atoms with Crippen molar-refractivity contribution in [1.82, 2.24) is 5.32 Å². The lowest BCUT2D eigenvalue weighted by Crippen LogP contribution is -2.14. The van der Waals surface area contributed by atoms with Crippen LogP contribution in [0.5, 0.6) is 0 Å². The van der Waals surface area contributed by atoms with Crippen molar-refractivity contribution >= 4 is 17.0 Å². The first-order valence-electron chi connectivity index (χ1n) is 5.85. The molecule has 0 aliphatic heterocycles. The summed E-state index contributed by atoms with van der Waals surface area (Å²) < 4.78 is 26.7. The molecule has 0 amide bonds. The van der Waals surface area contributed by atoms with Crippen LogP contribution in [-0.4, -0.2) is 4.92 Å². The quantitative estimate of drug-likeness (QED) is 0.678. The van der Waals surface area contributed by atoms with Crippen molar-refractivity contribution in [2.75, 3.05) is 0 Å². The average Bonchev–Trinajstić information content (AvgIpc) is 2.77. The Balaban J connectivity index is 2.08. The third kappa shape index (κ3) is 3.17. The molecule has 0 fully saturated rings. The Morgan fingerprint density at radius 1 is 1.30 bits per heavy atom. The molecule has 0 aliphatic carbocycles. The van der Waals surface area contributed by atoms with Crippen molar-refractivity contribution in [1.29, 1.82) is 0 Å². The number of benzene rings is 1. The fraction of sp³-hybridized carbons (Fsp3) is 0.231. The minimum Gasteiger partial charge on any atom is -0.308 e. The summed E-state index contributed by atoms with van der Waals surface area (Å²) >= 11 is 1.57. The first kappa shape index (κ1) is 14.5.